The predicted octanol–water partition coefficient (Wildman–Crippen LogP) is 1.01. The van der Waals surface area contributed by atoms with Gasteiger partial charge in [0.2, 0.25) is 23.5 Å². The van der Waals surface area contributed by atoms with Crippen LogP contribution in [0.4, 0.5) is 0 Å². The Balaban J connectivity index is 1.18. The van der Waals surface area contributed by atoms with E-state index in [0.29, 0.717) is 63.5 Å². The second-order valence-corrected chi connectivity index (χ2v) is 7.40. The Morgan fingerprint density at radius 2 is 2.29 bits per heavy atom. The van der Waals surface area contributed by atoms with E-state index in [1.807, 2.05) is 21.9 Å². The molecule has 3 saturated heterocycles. The summed E-state index contributed by atoms with van der Waals surface area (Å²) in [6.07, 6.45) is 5.96. The molecule has 9 heteroatoms. The van der Waals surface area contributed by atoms with Crippen molar-refractivity contribution < 1.29 is 18.8 Å². The van der Waals surface area contributed by atoms with E-state index in [1.165, 1.54) is 0 Å². The van der Waals surface area contributed by atoms with E-state index in [0.717, 1.165) is 5.56 Å². The number of carbonyl (C=O) groups excluding carboxylic acids is 2. The van der Waals surface area contributed by atoms with Crippen molar-refractivity contribution in [3.8, 4) is 11.4 Å². The average molecular weight is 383 g/mol. The molecule has 3 aliphatic heterocycles. The summed E-state index contributed by atoms with van der Waals surface area (Å²) in [6, 6.07) is 3.53. The number of aromatic nitrogens is 3. The highest BCUT2D eigenvalue weighted by Crippen LogP contribution is 2.45. The molecule has 0 saturated carbocycles. The van der Waals surface area contributed by atoms with Gasteiger partial charge in [-0.3, -0.25) is 14.6 Å². The zero-order chi connectivity index (χ0) is 19.1. The Labute approximate surface area is 161 Å². The fraction of sp³-hybridized carbons (Fsp3) is 0.526. The van der Waals surface area contributed by atoms with Crippen molar-refractivity contribution in [2.24, 2.45) is 0 Å². The van der Waals surface area contributed by atoms with Crippen molar-refractivity contribution in [2.75, 3.05) is 19.7 Å². The van der Waals surface area contributed by atoms with Crippen molar-refractivity contribution in [3.63, 3.8) is 0 Å². The molecule has 0 N–H and O–H groups in total. The Morgan fingerprint density at radius 3 is 3.14 bits per heavy atom. The molecule has 28 heavy (non-hydrogen) atoms. The molecule has 0 bridgehead atoms. The normalized spacial score (nSPS) is 26.0. The molecule has 2 atom stereocenters. The van der Waals surface area contributed by atoms with Crippen LogP contribution in [0, 0.1) is 0 Å². The molecule has 2 aromatic rings. The number of ether oxygens (including phenoxy) is 1. The average Bonchev–Trinajstić information content (AvgIpc) is 3.45. The second kappa shape index (κ2) is 6.66. The van der Waals surface area contributed by atoms with E-state index in [2.05, 4.69) is 15.1 Å². The molecule has 0 radical (unpaired) electrons. The molecule has 9 nitrogen and oxygen atoms in total. The van der Waals surface area contributed by atoms with Gasteiger partial charge < -0.3 is 19.1 Å². The van der Waals surface area contributed by atoms with Crippen LogP contribution in [-0.2, 0) is 20.7 Å². The molecule has 5 rings (SSSR count). The monoisotopic (exact) mass is 383 g/mol. The number of amides is 2. The van der Waals surface area contributed by atoms with Gasteiger partial charge >= 0.3 is 0 Å². The lowest BCUT2D eigenvalue weighted by Gasteiger charge is -2.31. The van der Waals surface area contributed by atoms with Gasteiger partial charge in [0.15, 0.2) is 5.72 Å². The highest BCUT2D eigenvalue weighted by molar-refractivity contribution is 5.84. The Morgan fingerprint density at radius 1 is 1.36 bits per heavy atom. The summed E-state index contributed by atoms with van der Waals surface area (Å²) in [4.78, 5) is 37.1. The van der Waals surface area contributed by atoms with Gasteiger partial charge in [0.1, 0.15) is 0 Å². The molecule has 2 amide bonds. The summed E-state index contributed by atoms with van der Waals surface area (Å²) in [5.41, 5.74) is 0.223. The van der Waals surface area contributed by atoms with E-state index in [1.54, 1.807) is 12.4 Å². The van der Waals surface area contributed by atoms with Crippen LogP contribution >= 0.6 is 0 Å². The number of hydrogen-bond donors (Lipinski definition) is 0. The largest absolute Gasteiger partial charge is 0.351 e. The van der Waals surface area contributed by atoms with Gasteiger partial charge in [0.25, 0.3) is 0 Å². The molecular weight excluding hydrogens is 362 g/mol. The van der Waals surface area contributed by atoms with Gasteiger partial charge in [0, 0.05) is 50.3 Å². The summed E-state index contributed by atoms with van der Waals surface area (Å²) in [5.74, 6) is 1.15. The minimum atomic E-state index is -0.572. The first-order valence-corrected chi connectivity index (χ1v) is 9.64. The number of pyridine rings is 1. The maximum absolute atomic E-state index is 12.8. The molecular formula is C19H21N5O4. The molecule has 1 spiro atoms. The predicted molar refractivity (Wildman–Crippen MR) is 95.6 cm³/mol. The number of carbonyl (C=O) groups is 2. The minimum absolute atomic E-state index is 0.0547. The van der Waals surface area contributed by atoms with Crippen LogP contribution in [0.2, 0.25) is 0 Å². The molecule has 2 aromatic heterocycles. The third-order valence-corrected chi connectivity index (χ3v) is 5.89. The first kappa shape index (κ1) is 17.3. The van der Waals surface area contributed by atoms with Crippen LogP contribution in [0.1, 0.15) is 31.6 Å². The van der Waals surface area contributed by atoms with Crippen molar-refractivity contribution in [1.82, 2.24) is 24.9 Å². The third-order valence-electron chi connectivity index (χ3n) is 5.89. The summed E-state index contributed by atoms with van der Waals surface area (Å²) in [6.45, 7) is 1.83. The van der Waals surface area contributed by atoms with Gasteiger partial charge in [-0.15, -0.1) is 0 Å². The third kappa shape index (κ3) is 2.69. The van der Waals surface area contributed by atoms with Crippen LogP contribution in [-0.4, -0.2) is 68.2 Å². The molecule has 3 aliphatic rings. The lowest BCUT2D eigenvalue weighted by Crippen LogP contribution is -2.48. The van der Waals surface area contributed by atoms with E-state index in [-0.39, 0.29) is 17.9 Å². The minimum Gasteiger partial charge on any atom is -0.351 e. The topological polar surface area (TPSA) is 102 Å². The highest BCUT2D eigenvalue weighted by atomic mass is 16.5. The van der Waals surface area contributed by atoms with Gasteiger partial charge in [-0.1, -0.05) is 5.16 Å². The molecule has 5 heterocycles. The van der Waals surface area contributed by atoms with Crippen LogP contribution < -0.4 is 0 Å². The van der Waals surface area contributed by atoms with Gasteiger partial charge in [-0.25, -0.2) is 0 Å². The van der Waals surface area contributed by atoms with E-state index < -0.39 is 5.72 Å². The summed E-state index contributed by atoms with van der Waals surface area (Å²) in [5, 5.41) is 3.97. The zero-order valence-corrected chi connectivity index (χ0v) is 15.4. The molecule has 0 aromatic carbocycles. The summed E-state index contributed by atoms with van der Waals surface area (Å²) < 4.78 is 11.2. The smallest absolute Gasteiger partial charge is 0.227 e. The van der Waals surface area contributed by atoms with Crippen molar-refractivity contribution in [3.05, 3.63) is 30.4 Å². The SMILES string of the molecule is O=C(CCCc1nc(-c2cccnc2)no1)N1CC[C@@]23OCCN2C(=O)C[C@@H]13. The van der Waals surface area contributed by atoms with Crippen molar-refractivity contribution in [2.45, 2.75) is 43.9 Å². The maximum Gasteiger partial charge on any atom is 0.227 e. The number of rotatable bonds is 5. The van der Waals surface area contributed by atoms with Gasteiger partial charge in [-0.2, -0.15) is 4.98 Å². The van der Waals surface area contributed by atoms with Crippen LogP contribution in [0.5, 0.6) is 0 Å². The Bertz CT molecular complexity index is 901. The quantitative estimate of drug-likeness (QED) is 0.759. The summed E-state index contributed by atoms with van der Waals surface area (Å²) in [7, 11) is 0. The fourth-order valence-electron chi connectivity index (χ4n) is 4.59. The lowest BCUT2D eigenvalue weighted by atomic mass is 10.1. The zero-order valence-electron chi connectivity index (χ0n) is 15.4. The fourth-order valence-corrected chi connectivity index (χ4v) is 4.59. The van der Waals surface area contributed by atoms with E-state index >= 15 is 0 Å². The van der Waals surface area contributed by atoms with E-state index in [9.17, 15) is 9.59 Å². The maximum atomic E-state index is 12.8. The first-order valence-electron chi connectivity index (χ1n) is 9.64. The standard InChI is InChI=1S/C19H21N5O4/c25-16(23-8-6-19-14(23)11-17(26)24(19)9-10-27-19)5-1-4-15-21-18(22-28-15)13-3-2-7-20-12-13/h2-3,7,12,14H,1,4-6,8-11H2/t14-,19+/m1/s1. The molecule has 0 aliphatic carbocycles. The van der Waals surface area contributed by atoms with Crippen LogP contribution in [0.25, 0.3) is 11.4 Å². The number of aryl methyl sites for hydroxylation is 1. The van der Waals surface area contributed by atoms with Gasteiger partial charge in [-0.05, 0) is 18.6 Å². The van der Waals surface area contributed by atoms with Crippen molar-refractivity contribution >= 4 is 11.8 Å². The molecule has 3 fully saturated rings. The highest BCUT2D eigenvalue weighted by Gasteiger charge is 2.62. The number of likely N-dealkylation sites (tertiary alicyclic amines) is 1. The second-order valence-electron chi connectivity index (χ2n) is 7.40. The Hall–Kier alpha value is -2.81. The number of hydrogen-bond acceptors (Lipinski definition) is 7. The Kier molecular flexibility index (Phi) is 4.12. The van der Waals surface area contributed by atoms with Crippen molar-refractivity contribution in [1.29, 1.82) is 0 Å². The number of nitrogens with zero attached hydrogens (tertiary/aromatic N) is 5. The lowest BCUT2D eigenvalue weighted by molar-refractivity contribution is -0.139. The first-order chi connectivity index (χ1) is 13.7. The van der Waals surface area contributed by atoms with E-state index in [4.69, 9.17) is 9.26 Å². The van der Waals surface area contributed by atoms with Crippen LogP contribution in [0.15, 0.2) is 29.0 Å². The molecule has 0 unspecified atom stereocenters. The van der Waals surface area contributed by atoms with Crippen LogP contribution in [0.3, 0.4) is 0 Å². The molecule has 146 valence electrons. The van der Waals surface area contributed by atoms with Gasteiger partial charge in [0.05, 0.1) is 19.1 Å². The summed E-state index contributed by atoms with van der Waals surface area (Å²) >= 11 is 0.